The SMILES string of the molecule is O=C(O)CCCCCCCCCCC(CCO)C(=O)OCCO. The average Bonchev–Trinajstić information content (AvgIpc) is 2.52. The molecular formula is C17H32O6. The zero-order chi connectivity index (χ0) is 17.3. The molecule has 6 heteroatoms. The highest BCUT2D eigenvalue weighted by Gasteiger charge is 2.18. The van der Waals surface area contributed by atoms with Gasteiger partial charge in [0.2, 0.25) is 0 Å². The number of esters is 1. The Bertz CT molecular complexity index is 305. The van der Waals surface area contributed by atoms with Crippen molar-refractivity contribution in [1.82, 2.24) is 0 Å². The molecule has 0 fully saturated rings. The Hall–Kier alpha value is -1.14. The molecule has 0 aromatic heterocycles. The summed E-state index contributed by atoms with van der Waals surface area (Å²) >= 11 is 0. The minimum absolute atomic E-state index is 0.0165. The number of aliphatic hydroxyl groups is 2. The minimum Gasteiger partial charge on any atom is -0.481 e. The van der Waals surface area contributed by atoms with E-state index >= 15 is 0 Å². The lowest BCUT2D eigenvalue weighted by Gasteiger charge is -2.14. The molecular weight excluding hydrogens is 300 g/mol. The van der Waals surface area contributed by atoms with Gasteiger partial charge < -0.3 is 20.1 Å². The van der Waals surface area contributed by atoms with Crippen LogP contribution in [0, 0.1) is 5.92 Å². The monoisotopic (exact) mass is 332 g/mol. The summed E-state index contributed by atoms with van der Waals surface area (Å²) in [4.78, 5) is 22.1. The molecule has 1 atom stereocenters. The van der Waals surface area contributed by atoms with Crippen LogP contribution in [-0.4, -0.2) is 47.1 Å². The number of unbranched alkanes of at least 4 members (excludes halogenated alkanes) is 7. The van der Waals surface area contributed by atoms with Crippen molar-refractivity contribution in [3.05, 3.63) is 0 Å². The highest BCUT2D eigenvalue weighted by molar-refractivity contribution is 5.72. The highest BCUT2D eigenvalue weighted by Crippen LogP contribution is 2.17. The summed E-state index contributed by atoms with van der Waals surface area (Å²) in [6.45, 7) is -0.193. The van der Waals surface area contributed by atoms with E-state index in [0.29, 0.717) is 12.8 Å². The summed E-state index contributed by atoms with van der Waals surface area (Å²) in [5, 5.41) is 26.2. The molecule has 0 saturated carbocycles. The van der Waals surface area contributed by atoms with Crippen molar-refractivity contribution in [3.63, 3.8) is 0 Å². The molecule has 0 amide bonds. The quantitative estimate of drug-likeness (QED) is 0.296. The zero-order valence-corrected chi connectivity index (χ0v) is 14.0. The van der Waals surface area contributed by atoms with Gasteiger partial charge >= 0.3 is 11.9 Å². The fourth-order valence-corrected chi connectivity index (χ4v) is 2.53. The average molecular weight is 332 g/mol. The van der Waals surface area contributed by atoms with Crippen LogP contribution in [0.4, 0.5) is 0 Å². The molecule has 0 aromatic rings. The molecule has 0 spiro atoms. The second-order valence-corrected chi connectivity index (χ2v) is 5.86. The van der Waals surface area contributed by atoms with Gasteiger partial charge in [0.05, 0.1) is 12.5 Å². The lowest BCUT2D eigenvalue weighted by molar-refractivity contribution is -0.150. The Morgan fingerprint density at radius 1 is 0.783 bits per heavy atom. The third-order valence-corrected chi connectivity index (χ3v) is 3.84. The second-order valence-electron chi connectivity index (χ2n) is 5.86. The van der Waals surface area contributed by atoms with Crippen LogP contribution in [-0.2, 0) is 14.3 Å². The Labute approximate surface area is 138 Å². The van der Waals surface area contributed by atoms with Crippen LogP contribution in [0.25, 0.3) is 0 Å². The van der Waals surface area contributed by atoms with Gasteiger partial charge in [-0.1, -0.05) is 44.9 Å². The summed E-state index contributed by atoms with van der Waals surface area (Å²) in [7, 11) is 0. The van der Waals surface area contributed by atoms with Crippen LogP contribution in [0.15, 0.2) is 0 Å². The zero-order valence-electron chi connectivity index (χ0n) is 14.0. The Morgan fingerprint density at radius 3 is 1.87 bits per heavy atom. The summed E-state index contributed by atoms with van der Waals surface area (Å²) < 4.78 is 4.91. The third kappa shape index (κ3) is 14.2. The molecule has 0 aliphatic rings. The predicted molar refractivity (Wildman–Crippen MR) is 87.0 cm³/mol. The first-order valence-electron chi connectivity index (χ1n) is 8.72. The topological polar surface area (TPSA) is 104 Å². The van der Waals surface area contributed by atoms with Crippen LogP contribution < -0.4 is 0 Å². The number of hydrogen-bond donors (Lipinski definition) is 3. The van der Waals surface area contributed by atoms with Crippen LogP contribution in [0.3, 0.4) is 0 Å². The van der Waals surface area contributed by atoms with Gasteiger partial charge in [0.25, 0.3) is 0 Å². The largest absolute Gasteiger partial charge is 0.481 e. The number of carboxylic acids is 1. The maximum absolute atomic E-state index is 11.7. The van der Waals surface area contributed by atoms with Gasteiger partial charge in [-0.15, -0.1) is 0 Å². The van der Waals surface area contributed by atoms with Crippen molar-refractivity contribution >= 4 is 11.9 Å². The summed E-state index contributed by atoms with van der Waals surface area (Å²) in [5.41, 5.74) is 0. The molecule has 1 unspecified atom stereocenters. The number of carbonyl (C=O) groups excluding carboxylic acids is 1. The van der Waals surface area contributed by atoms with Crippen molar-refractivity contribution in [1.29, 1.82) is 0 Å². The van der Waals surface area contributed by atoms with Gasteiger partial charge in [-0.3, -0.25) is 9.59 Å². The molecule has 0 aliphatic heterocycles. The van der Waals surface area contributed by atoms with E-state index < -0.39 is 5.97 Å². The van der Waals surface area contributed by atoms with Gasteiger partial charge in [-0.25, -0.2) is 0 Å². The number of carboxylic acid groups (broad SMARTS) is 1. The third-order valence-electron chi connectivity index (χ3n) is 3.84. The molecule has 23 heavy (non-hydrogen) atoms. The maximum atomic E-state index is 11.7. The van der Waals surface area contributed by atoms with Crippen molar-refractivity contribution in [2.75, 3.05) is 19.8 Å². The molecule has 0 heterocycles. The van der Waals surface area contributed by atoms with Gasteiger partial charge in [0.1, 0.15) is 6.61 Å². The second kappa shape index (κ2) is 15.7. The van der Waals surface area contributed by atoms with Gasteiger partial charge in [0, 0.05) is 13.0 Å². The normalized spacial score (nSPS) is 12.1. The van der Waals surface area contributed by atoms with E-state index in [1.807, 2.05) is 0 Å². The minimum atomic E-state index is -0.722. The van der Waals surface area contributed by atoms with E-state index in [9.17, 15) is 9.59 Å². The molecule has 136 valence electrons. The van der Waals surface area contributed by atoms with Crippen molar-refractivity contribution in [2.45, 2.75) is 70.6 Å². The molecule has 0 aliphatic carbocycles. The van der Waals surface area contributed by atoms with E-state index in [1.165, 1.54) is 0 Å². The first kappa shape index (κ1) is 21.9. The fraction of sp³-hybridized carbons (Fsp3) is 0.882. The number of aliphatic carboxylic acids is 1. The number of ether oxygens (including phenoxy) is 1. The van der Waals surface area contributed by atoms with E-state index in [4.69, 9.17) is 20.1 Å². The molecule has 6 nitrogen and oxygen atoms in total. The van der Waals surface area contributed by atoms with Crippen LogP contribution in [0.5, 0.6) is 0 Å². The fourth-order valence-electron chi connectivity index (χ4n) is 2.53. The van der Waals surface area contributed by atoms with Gasteiger partial charge in [0.15, 0.2) is 0 Å². The lowest BCUT2D eigenvalue weighted by Crippen LogP contribution is -2.20. The van der Waals surface area contributed by atoms with Crippen LogP contribution >= 0.6 is 0 Å². The molecule has 0 aromatic carbocycles. The van der Waals surface area contributed by atoms with Gasteiger partial charge in [-0.2, -0.15) is 0 Å². The Balaban J connectivity index is 3.55. The summed E-state index contributed by atoms with van der Waals surface area (Å²) in [6.07, 6.45) is 9.53. The number of hydrogen-bond acceptors (Lipinski definition) is 5. The molecule has 0 bridgehead atoms. The first-order valence-corrected chi connectivity index (χ1v) is 8.72. The predicted octanol–water partition coefficient (Wildman–Crippen LogP) is 2.51. The standard InChI is InChI=1S/C17H32O6/c18-12-11-15(17(22)23-14-13-19)9-7-5-3-1-2-4-6-8-10-16(20)21/h15,18-19H,1-14H2,(H,20,21). The summed E-state index contributed by atoms with van der Waals surface area (Å²) in [5.74, 6) is -1.32. The van der Waals surface area contributed by atoms with Crippen molar-refractivity contribution in [2.24, 2.45) is 5.92 Å². The molecule has 0 saturated heterocycles. The maximum Gasteiger partial charge on any atom is 0.309 e. The van der Waals surface area contributed by atoms with Crippen LogP contribution in [0.1, 0.15) is 70.6 Å². The molecule has 0 radical (unpaired) electrons. The Morgan fingerprint density at radius 2 is 1.35 bits per heavy atom. The number of carbonyl (C=O) groups is 2. The Kier molecular flexibility index (Phi) is 15.0. The molecule has 3 N–H and O–H groups in total. The van der Waals surface area contributed by atoms with Crippen LogP contribution in [0.2, 0.25) is 0 Å². The lowest BCUT2D eigenvalue weighted by atomic mass is 9.97. The van der Waals surface area contributed by atoms with E-state index in [-0.39, 0.29) is 38.1 Å². The van der Waals surface area contributed by atoms with E-state index in [2.05, 4.69) is 0 Å². The molecule has 0 rings (SSSR count). The number of aliphatic hydroxyl groups excluding tert-OH is 2. The van der Waals surface area contributed by atoms with Gasteiger partial charge in [-0.05, 0) is 19.3 Å². The summed E-state index contributed by atoms with van der Waals surface area (Å²) in [6, 6.07) is 0. The first-order chi connectivity index (χ1) is 11.1. The van der Waals surface area contributed by atoms with Crippen molar-refractivity contribution in [3.8, 4) is 0 Å². The highest BCUT2D eigenvalue weighted by atomic mass is 16.5. The smallest absolute Gasteiger partial charge is 0.309 e. The van der Waals surface area contributed by atoms with E-state index in [1.54, 1.807) is 0 Å². The number of rotatable bonds is 16. The van der Waals surface area contributed by atoms with E-state index in [0.717, 1.165) is 51.4 Å². The van der Waals surface area contributed by atoms with Crippen molar-refractivity contribution < 1.29 is 29.6 Å².